The summed E-state index contributed by atoms with van der Waals surface area (Å²) in [5, 5.41) is 0. The summed E-state index contributed by atoms with van der Waals surface area (Å²) in [5.74, 6) is 1.29. The molecule has 0 aromatic heterocycles. The van der Waals surface area contributed by atoms with Gasteiger partial charge in [0.2, 0.25) is 0 Å². The summed E-state index contributed by atoms with van der Waals surface area (Å²) in [6.07, 6.45) is 1.05. The molecule has 2 N–H and O–H groups in total. The summed E-state index contributed by atoms with van der Waals surface area (Å²) in [5.41, 5.74) is 5.38. The molecule has 46 valence electrons. The molecule has 0 aromatic carbocycles. The molecule has 0 aliphatic carbocycles. The Kier molecular flexibility index (Phi) is 1.53. The van der Waals surface area contributed by atoms with E-state index in [9.17, 15) is 0 Å². The molecule has 0 aromatic rings. The van der Waals surface area contributed by atoms with Crippen LogP contribution in [0.3, 0.4) is 0 Å². The number of ether oxygens (including phenoxy) is 1. The number of rotatable bonds is 1. The van der Waals surface area contributed by atoms with Crippen molar-refractivity contribution >= 4 is 0 Å². The second-order valence-corrected chi connectivity index (χ2v) is 2.04. The van der Waals surface area contributed by atoms with Gasteiger partial charge in [-0.05, 0) is 6.42 Å². The first-order valence-electron chi connectivity index (χ1n) is 2.86. The molecule has 1 rings (SSSR count). The van der Waals surface area contributed by atoms with Crippen molar-refractivity contribution in [2.24, 2.45) is 11.7 Å². The molecule has 1 fully saturated rings. The smallest absolute Gasteiger partial charge is 0.0932 e. The minimum Gasteiger partial charge on any atom is -0.498 e. The molecule has 1 unspecified atom stereocenters. The van der Waals surface area contributed by atoms with Crippen LogP contribution in [0.4, 0.5) is 0 Å². The van der Waals surface area contributed by atoms with Gasteiger partial charge in [-0.1, -0.05) is 6.58 Å². The maximum Gasteiger partial charge on any atom is 0.0932 e. The van der Waals surface area contributed by atoms with E-state index in [0.29, 0.717) is 12.5 Å². The van der Waals surface area contributed by atoms with Crippen LogP contribution in [-0.2, 0) is 4.74 Å². The van der Waals surface area contributed by atoms with E-state index in [0.717, 1.165) is 18.8 Å². The third-order valence-corrected chi connectivity index (χ3v) is 1.49. The molecule has 1 atom stereocenters. The molecule has 1 heterocycles. The molecule has 8 heavy (non-hydrogen) atoms. The van der Waals surface area contributed by atoms with Gasteiger partial charge in [0.1, 0.15) is 0 Å². The van der Waals surface area contributed by atoms with Crippen LogP contribution in [0.25, 0.3) is 0 Å². The van der Waals surface area contributed by atoms with Crippen LogP contribution in [0.5, 0.6) is 0 Å². The predicted octanol–water partition coefficient (Wildman–Crippen LogP) is 0.495. The molecule has 2 heteroatoms. The zero-order valence-corrected chi connectivity index (χ0v) is 4.89. The zero-order valence-electron chi connectivity index (χ0n) is 4.89. The zero-order chi connectivity index (χ0) is 5.98. The molecular formula is C6H11NO. The van der Waals surface area contributed by atoms with E-state index in [2.05, 4.69) is 6.58 Å². The summed E-state index contributed by atoms with van der Waals surface area (Å²) >= 11 is 0. The Labute approximate surface area is 49.3 Å². The lowest BCUT2D eigenvalue weighted by molar-refractivity contribution is 0.261. The van der Waals surface area contributed by atoms with Crippen molar-refractivity contribution < 1.29 is 4.74 Å². The number of nitrogens with two attached hydrogens (primary N) is 1. The Bertz CT molecular complexity index is 101. The largest absolute Gasteiger partial charge is 0.498 e. The first-order valence-corrected chi connectivity index (χ1v) is 2.86. The SMILES string of the molecule is C=C1OCCC1CN. The Morgan fingerprint density at radius 1 is 1.88 bits per heavy atom. The molecule has 1 aliphatic heterocycles. The molecule has 0 amide bonds. The van der Waals surface area contributed by atoms with Crippen LogP contribution >= 0.6 is 0 Å². The van der Waals surface area contributed by atoms with Crippen LogP contribution in [0.2, 0.25) is 0 Å². The fourth-order valence-electron chi connectivity index (χ4n) is 0.860. The minimum atomic E-state index is 0.426. The van der Waals surface area contributed by atoms with Gasteiger partial charge >= 0.3 is 0 Å². The molecule has 0 spiro atoms. The van der Waals surface area contributed by atoms with Crippen LogP contribution in [-0.4, -0.2) is 13.2 Å². The summed E-state index contributed by atoms with van der Waals surface area (Å²) in [6.45, 7) is 5.19. The molecule has 1 aliphatic rings. The summed E-state index contributed by atoms with van der Waals surface area (Å²) in [7, 11) is 0. The number of hydrogen-bond donors (Lipinski definition) is 1. The average molecular weight is 113 g/mol. The van der Waals surface area contributed by atoms with Crippen molar-refractivity contribution in [3.8, 4) is 0 Å². The molecular weight excluding hydrogens is 102 g/mol. The lowest BCUT2D eigenvalue weighted by atomic mass is 10.1. The second kappa shape index (κ2) is 2.18. The van der Waals surface area contributed by atoms with E-state index in [1.165, 1.54) is 0 Å². The van der Waals surface area contributed by atoms with Crippen molar-refractivity contribution in [2.75, 3.05) is 13.2 Å². The summed E-state index contributed by atoms with van der Waals surface area (Å²) in [4.78, 5) is 0. The van der Waals surface area contributed by atoms with Gasteiger partial charge < -0.3 is 10.5 Å². The van der Waals surface area contributed by atoms with E-state index >= 15 is 0 Å². The predicted molar refractivity (Wildman–Crippen MR) is 32.3 cm³/mol. The minimum absolute atomic E-state index is 0.426. The fraction of sp³-hybridized carbons (Fsp3) is 0.667. The topological polar surface area (TPSA) is 35.2 Å². The maximum absolute atomic E-state index is 5.38. The highest BCUT2D eigenvalue weighted by Gasteiger charge is 2.17. The lowest BCUT2D eigenvalue weighted by Gasteiger charge is -2.01. The Balaban J connectivity index is 2.42. The lowest BCUT2D eigenvalue weighted by Crippen LogP contribution is -2.11. The Hall–Kier alpha value is -0.500. The molecule has 2 nitrogen and oxygen atoms in total. The Morgan fingerprint density at radius 2 is 2.62 bits per heavy atom. The van der Waals surface area contributed by atoms with Gasteiger partial charge in [0, 0.05) is 12.5 Å². The van der Waals surface area contributed by atoms with Crippen LogP contribution in [0.15, 0.2) is 12.3 Å². The van der Waals surface area contributed by atoms with E-state index in [1.54, 1.807) is 0 Å². The summed E-state index contributed by atoms with van der Waals surface area (Å²) in [6, 6.07) is 0. The third kappa shape index (κ3) is 0.842. The maximum atomic E-state index is 5.38. The average Bonchev–Trinajstić information content (AvgIpc) is 2.14. The van der Waals surface area contributed by atoms with Gasteiger partial charge in [0.15, 0.2) is 0 Å². The highest BCUT2D eigenvalue weighted by molar-refractivity contribution is 4.95. The first-order chi connectivity index (χ1) is 3.84. The van der Waals surface area contributed by atoms with E-state index in [1.807, 2.05) is 0 Å². The second-order valence-electron chi connectivity index (χ2n) is 2.04. The van der Waals surface area contributed by atoms with Crippen LogP contribution < -0.4 is 5.73 Å². The molecule has 0 saturated carbocycles. The number of hydrogen-bond acceptors (Lipinski definition) is 2. The highest BCUT2D eigenvalue weighted by atomic mass is 16.5. The van der Waals surface area contributed by atoms with E-state index in [-0.39, 0.29) is 0 Å². The normalized spacial score (nSPS) is 28.1. The molecule has 0 radical (unpaired) electrons. The van der Waals surface area contributed by atoms with Gasteiger partial charge in [0.05, 0.1) is 12.4 Å². The van der Waals surface area contributed by atoms with Crippen LogP contribution in [0.1, 0.15) is 6.42 Å². The van der Waals surface area contributed by atoms with Gasteiger partial charge in [-0.3, -0.25) is 0 Å². The molecule has 1 saturated heterocycles. The fourth-order valence-corrected chi connectivity index (χ4v) is 0.860. The Morgan fingerprint density at radius 3 is 2.88 bits per heavy atom. The standard InChI is InChI=1S/C6H11NO/c1-5-6(4-7)2-3-8-5/h6H,1-4,7H2. The van der Waals surface area contributed by atoms with Gasteiger partial charge in [-0.15, -0.1) is 0 Å². The van der Waals surface area contributed by atoms with Gasteiger partial charge in [-0.2, -0.15) is 0 Å². The van der Waals surface area contributed by atoms with Gasteiger partial charge in [-0.25, -0.2) is 0 Å². The van der Waals surface area contributed by atoms with Gasteiger partial charge in [0.25, 0.3) is 0 Å². The van der Waals surface area contributed by atoms with E-state index < -0.39 is 0 Å². The summed E-state index contributed by atoms with van der Waals surface area (Å²) < 4.78 is 5.08. The first kappa shape index (κ1) is 5.63. The third-order valence-electron chi connectivity index (χ3n) is 1.49. The van der Waals surface area contributed by atoms with Crippen molar-refractivity contribution in [3.63, 3.8) is 0 Å². The van der Waals surface area contributed by atoms with Crippen LogP contribution in [0, 0.1) is 5.92 Å². The monoisotopic (exact) mass is 113 g/mol. The molecule has 0 bridgehead atoms. The van der Waals surface area contributed by atoms with Crippen molar-refractivity contribution in [3.05, 3.63) is 12.3 Å². The van der Waals surface area contributed by atoms with Crippen molar-refractivity contribution in [1.29, 1.82) is 0 Å². The quantitative estimate of drug-likeness (QED) is 0.537. The highest BCUT2D eigenvalue weighted by Crippen LogP contribution is 2.20. The van der Waals surface area contributed by atoms with E-state index in [4.69, 9.17) is 10.5 Å². The van der Waals surface area contributed by atoms with Crippen molar-refractivity contribution in [1.82, 2.24) is 0 Å². The van der Waals surface area contributed by atoms with Crippen molar-refractivity contribution in [2.45, 2.75) is 6.42 Å².